The van der Waals surface area contributed by atoms with Crippen LogP contribution in [0.1, 0.15) is 25.7 Å². The van der Waals surface area contributed by atoms with Crippen molar-refractivity contribution in [1.29, 1.82) is 0 Å². The van der Waals surface area contributed by atoms with E-state index in [0.29, 0.717) is 17.2 Å². The molecule has 1 spiro atoms. The summed E-state index contributed by atoms with van der Waals surface area (Å²) in [6, 6.07) is 6.85. The highest BCUT2D eigenvalue weighted by molar-refractivity contribution is 5.91. The highest BCUT2D eigenvalue weighted by Gasteiger charge is 2.44. The summed E-state index contributed by atoms with van der Waals surface area (Å²) >= 11 is 0. The molecule has 10 heteroatoms. The van der Waals surface area contributed by atoms with Crippen molar-refractivity contribution in [3.63, 3.8) is 0 Å². The monoisotopic (exact) mass is 395 g/mol. The molecule has 5 rings (SSSR count). The Kier molecular flexibility index (Phi) is 4.04. The third kappa shape index (κ3) is 3.22. The van der Waals surface area contributed by atoms with Crippen LogP contribution in [0.3, 0.4) is 0 Å². The molecule has 1 saturated carbocycles. The zero-order valence-corrected chi connectivity index (χ0v) is 15.3. The van der Waals surface area contributed by atoms with E-state index in [9.17, 15) is 9.59 Å². The first-order chi connectivity index (χ1) is 14.1. The maximum atomic E-state index is 12.5. The van der Waals surface area contributed by atoms with Crippen LogP contribution in [0.5, 0.6) is 11.5 Å². The van der Waals surface area contributed by atoms with Crippen LogP contribution in [0.25, 0.3) is 11.6 Å². The number of carbonyl (C=O) groups is 1. The summed E-state index contributed by atoms with van der Waals surface area (Å²) < 4.78 is 17.7. The molecule has 10 nitrogen and oxygen atoms in total. The summed E-state index contributed by atoms with van der Waals surface area (Å²) in [5.41, 5.74) is 0.536. The second-order valence-electron chi connectivity index (χ2n) is 6.96. The first-order valence-corrected chi connectivity index (χ1v) is 9.28. The molecule has 1 N–H and O–H groups in total. The summed E-state index contributed by atoms with van der Waals surface area (Å²) in [5.74, 6) is -0.214. The average molecular weight is 395 g/mol. The van der Waals surface area contributed by atoms with Crippen LogP contribution in [-0.4, -0.2) is 31.4 Å². The van der Waals surface area contributed by atoms with Gasteiger partial charge in [-0.1, -0.05) is 5.16 Å². The second kappa shape index (κ2) is 6.73. The van der Waals surface area contributed by atoms with E-state index in [1.54, 1.807) is 24.3 Å². The topological polar surface area (TPSA) is 121 Å². The minimum Gasteiger partial charge on any atom is -0.448 e. The Hall–Kier alpha value is -3.69. The quantitative estimate of drug-likeness (QED) is 0.712. The van der Waals surface area contributed by atoms with Gasteiger partial charge in [0.25, 0.3) is 5.79 Å². The van der Waals surface area contributed by atoms with Gasteiger partial charge in [-0.15, -0.1) is 0 Å². The molecule has 0 radical (unpaired) electrons. The molecule has 0 unspecified atom stereocenters. The van der Waals surface area contributed by atoms with Gasteiger partial charge < -0.3 is 14.8 Å². The number of carbonyl (C=O) groups excluding carboxylic acids is 1. The first-order valence-electron chi connectivity index (χ1n) is 9.28. The summed E-state index contributed by atoms with van der Waals surface area (Å²) in [5, 5.41) is 6.42. The van der Waals surface area contributed by atoms with Crippen molar-refractivity contribution < 1.29 is 18.8 Å². The van der Waals surface area contributed by atoms with Crippen LogP contribution >= 0.6 is 0 Å². The zero-order valence-electron chi connectivity index (χ0n) is 15.3. The van der Waals surface area contributed by atoms with Crippen molar-refractivity contribution in [1.82, 2.24) is 19.7 Å². The van der Waals surface area contributed by atoms with Crippen molar-refractivity contribution in [3.8, 4) is 23.1 Å². The smallest absolute Gasteiger partial charge is 0.442 e. The average Bonchev–Trinajstić information content (AvgIpc) is 3.42. The molecule has 2 aliphatic rings. The maximum Gasteiger partial charge on any atom is 0.442 e. The number of amides is 1. The van der Waals surface area contributed by atoms with E-state index in [1.807, 2.05) is 0 Å². The molecular formula is C19H17N5O5. The summed E-state index contributed by atoms with van der Waals surface area (Å²) in [6.45, 7) is -0.297. The molecule has 2 aromatic heterocycles. The molecule has 148 valence electrons. The Labute approximate surface area is 164 Å². The van der Waals surface area contributed by atoms with E-state index >= 15 is 0 Å². The molecule has 1 aromatic carbocycles. The lowest BCUT2D eigenvalue weighted by molar-refractivity contribution is -0.116. The lowest BCUT2D eigenvalue weighted by Gasteiger charge is -2.21. The molecule has 0 saturated heterocycles. The van der Waals surface area contributed by atoms with Crippen LogP contribution in [0.4, 0.5) is 5.69 Å². The molecule has 29 heavy (non-hydrogen) atoms. The van der Waals surface area contributed by atoms with Gasteiger partial charge in [0.2, 0.25) is 11.7 Å². The Bertz CT molecular complexity index is 1120. The van der Waals surface area contributed by atoms with Crippen LogP contribution < -0.4 is 20.5 Å². The molecule has 1 amide bonds. The third-order valence-corrected chi connectivity index (χ3v) is 4.94. The minimum absolute atomic E-state index is 0.0830. The molecule has 3 aromatic rings. The number of hydrogen-bond donors (Lipinski definition) is 1. The highest BCUT2D eigenvalue weighted by atomic mass is 16.7. The van der Waals surface area contributed by atoms with Crippen molar-refractivity contribution in [2.75, 3.05) is 5.32 Å². The zero-order chi connectivity index (χ0) is 19.8. The van der Waals surface area contributed by atoms with E-state index < -0.39 is 17.5 Å². The Balaban J connectivity index is 1.32. The first kappa shape index (κ1) is 17.4. The van der Waals surface area contributed by atoms with Gasteiger partial charge in [0.15, 0.2) is 17.3 Å². The van der Waals surface area contributed by atoms with E-state index in [2.05, 4.69) is 25.0 Å². The number of rotatable bonds is 4. The molecule has 0 bridgehead atoms. The SMILES string of the molecule is O=C(Cn1c(-c2ncccn2)noc1=O)Nc1ccc2c(c1)OC1(CCCC1)O2. The Morgan fingerprint density at radius 3 is 2.69 bits per heavy atom. The van der Waals surface area contributed by atoms with E-state index in [-0.39, 0.29) is 18.2 Å². The van der Waals surface area contributed by atoms with Crippen LogP contribution in [0.2, 0.25) is 0 Å². The van der Waals surface area contributed by atoms with Gasteiger partial charge in [0, 0.05) is 37.0 Å². The number of hydrogen-bond acceptors (Lipinski definition) is 8. The fourth-order valence-electron chi connectivity index (χ4n) is 3.62. The number of anilines is 1. The number of benzene rings is 1. The number of fused-ring (bicyclic) bond motifs is 1. The van der Waals surface area contributed by atoms with Crippen molar-refractivity contribution in [2.45, 2.75) is 38.0 Å². The second-order valence-corrected chi connectivity index (χ2v) is 6.96. The normalized spacial score (nSPS) is 16.3. The summed E-state index contributed by atoms with van der Waals surface area (Å²) in [7, 11) is 0. The van der Waals surface area contributed by atoms with Gasteiger partial charge in [-0.05, 0) is 31.0 Å². The van der Waals surface area contributed by atoms with Crippen molar-refractivity contribution in [3.05, 3.63) is 47.2 Å². The predicted molar refractivity (Wildman–Crippen MR) is 99.3 cm³/mol. The predicted octanol–water partition coefficient (Wildman–Crippen LogP) is 1.97. The standard InChI is InChI=1S/C19H17N5O5/c25-15(11-24-17(23-29-18(24)26)16-20-8-3-9-21-16)22-12-4-5-13-14(10-12)28-19(27-13)6-1-2-7-19/h3-5,8-10H,1-2,6-7,11H2,(H,22,25). The fourth-order valence-corrected chi connectivity index (χ4v) is 3.62. The van der Waals surface area contributed by atoms with E-state index in [0.717, 1.165) is 30.3 Å². The van der Waals surface area contributed by atoms with Crippen molar-refractivity contribution in [2.24, 2.45) is 0 Å². The van der Waals surface area contributed by atoms with Gasteiger partial charge in [0.05, 0.1) is 0 Å². The maximum absolute atomic E-state index is 12.5. The molecule has 3 heterocycles. The fraction of sp³-hybridized carbons (Fsp3) is 0.316. The van der Waals surface area contributed by atoms with Crippen LogP contribution in [0.15, 0.2) is 46.0 Å². The van der Waals surface area contributed by atoms with E-state index in [1.165, 1.54) is 12.4 Å². The van der Waals surface area contributed by atoms with Crippen LogP contribution in [-0.2, 0) is 11.3 Å². The van der Waals surface area contributed by atoms with Crippen LogP contribution in [0, 0.1) is 0 Å². The molecule has 0 atom stereocenters. The molecule has 1 aliphatic carbocycles. The molecule has 1 aliphatic heterocycles. The Morgan fingerprint density at radius 2 is 1.90 bits per heavy atom. The van der Waals surface area contributed by atoms with Crippen molar-refractivity contribution >= 4 is 11.6 Å². The number of nitrogens with one attached hydrogen (secondary N) is 1. The minimum atomic E-state index is -0.767. The van der Waals surface area contributed by atoms with Gasteiger partial charge in [-0.2, -0.15) is 0 Å². The van der Waals surface area contributed by atoms with Gasteiger partial charge in [0.1, 0.15) is 6.54 Å². The molecule has 1 fully saturated rings. The third-order valence-electron chi connectivity index (χ3n) is 4.94. The number of nitrogens with zero attached hydrogens (tertiary/aromatic N) is 4. The van der Waals surface area contributed by atoms with Gasteiger partial charge in [-0.25, -0.2) is 19.3 Å². The summed E-state index contributed by atoms with van der Waals surface area (Å²) in [6.07, 6.45) is 6.86. The van der Waals surface area contributed by atoms with Gasteiger partial charge >= 0.3 is 5.76 Å². The lowest BCUT2D eigenvalue weighted by Crippen LogP contribution is -2.34. The van der Waals surface area contributed by atoms with E-state index in [4.69, 9.17) is 9.47 Å². The largest absolute Gasteiger partial charge is 0.448 e. The number of aromatic nitrogens is 4. The highest BCUT2D eigenvalue weighted by Crippen LogP contribution is 2.47. The number of ether oxygens (including phenoxy) is 2. The summed E-state index contributed by atoms with van der Waals surface area (Å²) in [4.78, 5) is 32.5. The van der Waals surface area contributed by atoms with Gasteiger partial charge in [-0.3, -0.25) is 9.32 Å². The lowest BCUT2D eigenvalue weighted by atomic mass is 10.2. The molecular weight excluding hydrogens is 378 g/mol. The Morgan fingerprint density at radius 1 is 1.14 bits per heavy atom.